The normalized spacial score (nSPS) is 25.9. The Bertz CT molecular complexity index is 375. The summed E-state index contributed by atoms with van der Waals surface area (Å²) in [5, 5.41) is 10.3. The average molecular weight is 312 g/mol. The molecule has 1 fully saturated rings. The smallest absolute Gasteiger partial charge is 0.0609 e. The van der Waals surface area contributed by atoms with Crippen LogP contribution in [0.1, 0.15) is 44.6 Å². The highest BCUT2D eigenvalue weighted by molar-refractivity contribution is 9.10. The van der Waals surface area contributed by atoms with Gasteiger partial charge in [-0.05, 0) is 52.2 Å². The van der Waals surface area contributed by atoms with Crippen LogP contribution in [0.15, 0.2) is 22.9 Å². The van der Waals surface area contributed by atoms with Crippen LogP contribution in [-0.2, 0) is 6.42 Å². The molecule has 1 aromatic rings. The molecule has 1 aliphatic rings. The minimum atomic E-state index is -0.209. The first-order valence-corrected chi connectivity index (χ1v) is 7.75. The third-order valence-electron chi connectivity index (χ3n) is 4.22. The molecule has 100 valence electrons. The molecule has 0 spiro atoms. The summed E-state index contributed by atoms with van der Waals surface area (Å²) < 4.78 is 0.988. The van der Waals surface area contributed by atoms with Crippen molar-refractivity contribution < 1.29 is 5.11 Å². The summed E-state index contributed by atoms with van der Waals surface area (Å²) in [7, 11) is 0. The van der Waals surface area contributed by atoms with Crippen LogP contribution in [-0.4, -0.2) is 16.2 Å². The van der Waals surface area contributed by atoms with E-state index in [2.05, 4.69) is 27.8 Å². The zero-order valence-electron chi connectivity index (χ0n) is 11.0. The maximum atomic E-state index is 10.3. The first-order chi connectivity index (χ1) is 8.69. The predicted octanol–water partition coefficient (Wildman–Crippen LogP) is 3.96. The van der Waals surface area contributed by atoms with E-state index < -0.39 is 0 Å². The van der Waals surface area contributed by atoms with Gasteiger partial charge in [-0.25, -0.2) is 0 Å². The monoisotopic (exact) mass is 311 g/mol. The second-order valence-electron chi connectivity index (χ2n) is 5.47. The van der Waals surface area contributed by atoms with Crippen molar-refractivity contribution >= 4 is 15.9 Å². The molecule has 0 aliphatic heterocycles. The van der Waals surface area contributed by atoms with Crippen molar-refractivity contribution in [2.45, 2.75) is 51.6 Å². The molecule has 2 rings (SSSR count). The van der Waals surface area contributed by atoms with Gasteiger partial charge in [0.1, 0.15) is 0 Å². The Hall–Kier alpha value is -0.410. The fourth-order valence-electron chi connectivity index (χ4n) is 2.96. The van der Waals surface area contributed by atoms with E-state index in [-0.39, 0.29) is 6.10 Å². The molecule has 0 aromatic carbocycles. The number of hydrogen-bond donors (Lipinski definition) is 1. The van der Waals surface area contributed by atoms with Gasteiger partial charge in [-0.1, -0.05) is 26.2 Å². The Balaban J connectivity index is 1.87. The van der Waals surface area contributed by atoms with E-state index in [1.807, 2.05) is 12.3 Å². The lowest BCUT2D eigenvalue weighted by atomic mass is 9.77. The highest BCUT2D eigenvalue weighted by Gasteiger charge is 2.25. The molecule has 0 bridgehead atoms. The minimum absolute atomic E-state index is 0.209. The number of halogens is 1. The van der Waals surface area contributed by atoms with Gasteiger partial charge in [-0.2, -0.15) is 0 Å². The lowest BCUT2D eigenvalue weighted by Gasteiger charge is -2.31. The molecule has 1 saturated carbocycles. The molecule has 0 saturated heterocycles. The molecular weight excluding hydrogens is 290 g/mol. The molecule has 1 unspecified atom stereocenters. The third-order valence-corrected chi connectivity index (χ3v) is 4.65. The molecule has 1 heterocycles. The maximum Gasteiger partial charge on any atom is 0.0609 e. The van der Waals surface area contributed by atoms with Crippen molar-refractivity contribution in [3.05, 3.63) is 28.5 Å². The molecular formula is C15H22BrNO. The van der Waals surface area contributed by atoms with E-state index >= 15 is 0 Å². The Kier molecular flexibility index (Phi) is 5.19. The SMILES string of the molecule is CCC1CCC(C(O)Cc2cncc(Br)c2)CC1. The summed E-state index contributed by atoms with van der Waals surface area (Å²) in [6.45, 7) is 2.27. The number of aliphatic hydroxyl groups excluding tert-OH is 1. The lowest BCUT2D eigenvalue weighted by molar-refractivity contribution is 0.0734. The van der Waals surface area contributed by atoms with Crippen molar-refractivity contribution in [2.24, 2.45) is 11.8 Å². The van der Waals surface area contributed by atoms with Crippen molar-refractivity contribution in [1.29, 1.82) is 0 Å². The Morgan fingerprint density at radius 3 is 2.67 bits per heavy atom. The Morgan fingerprint density at radius 1 is 1.33 bits per heavy atom. The average Bonchev–Trinajstić information content (AvgIpc) is 2.39. The van der Waals surface area contributed by atoms with Gasteiger partial charge in [0.05, 0.1) is 6.10 Å². The number of aliphatic hydroxyl groups is 1. The predicted molar refractivity (Wildman–Crippen MR) is 77.4 cm³/mol. The van der Waals surface area contributed by atoms with Crippen LogP contribution in [0.3, 0.4) is 0 Å². The fourth-order valence-corrected chi connectivity index (χ4v) is 3.37. The zero-order valence-corrected chi connectivity index (χ0v) is 12.6. The van der Waals surface area contributed by atoms with Crippen LogP contribution >= 0.6 is 15.9 Å². The third kappa shape index (κ3) is 3.79. The van der Waals surface area contributed by atoms with Gasteiger partial charge in [0.2, 0.25) is 0 Å². The van der Waals surface area contributed by atoms with Crippen LogP contribution in [0.5, 0.6) is 0 Å². The van der Waals surface area contributed by atoms with Gasteiger partial charge in [0.25, 0.3) is 0 Å². The highest BCUT2D eigenvalue weighted by atomic mass is 79.9. The standard InChI is InChI=1S/C15H22BrNO/c1-2-11-3-5-13(6-4-11)15(18)8-12-7-14(16)10-17-9-12/h7,9-11,13,15,18H,2-6,8H2,1H3. The second kappa shape index (κ2) is 6.67. The molecule has 1 aromatic heterocycles. The largest absolute Gasteiger partial charge is 0.392 e. The highest BCUT2D eigenvalue weighted by Crippen LogP contribution is 2.33. The van der Waals surface area contributed by atoms with Crippen LogP contribution in [0.2, 0.25) is 0 Å². The first-order valence-electron chi connectivity index (χ1n) is 6.96. The van der Waals surface area contributed by atoms with Crippen LogP contribution < -0.4 is 0 Å². The first kappa shape index (κ1) is 14.0. The summed E-state index contributed by atoms with van der Waals surface area (Å²) in [4.78, 5) is 4.15. The zero-order chi connectivity index (χ0) is 13.0. The maximum absolute atomic E-state index is 10.3. The van der Waals surface area contributed by atoms with Crippen molar-refractivity contribution in [2.75, 3.05) is 0 Å². The molecule has 0 amide bonds. The van der Waals surface area contributed by atoms with E-state index in [1.54, 1.807) is 6.20 Å². The van der Waals surface area contributed by atoms with Crippen molar-refractivity contribution in [1.82, 2.24) is 4.98 Å². The second-order valence-corrected chi connectivity index (χ2v) is 6.39. The molecule has 2 nitrogen and oxygen atoms in total. The number of pyridine rings is 1. The van der Waals surface area contributed by atoms with Gasteiger partial charge in [0.15, 0.2) is 0 Å². The topological polar surface area (TPSA) is 33.1 Å². The van der Waals surface area contributed by atoms with Gasteiger partial charge >= 0.3 is 0 Å². The number of aromatic nitrogens is 1. The summed E-state index contributed by atoms with van der Waals surface area (Å²) in [5.74, 6) is 1.37. The van der Waals surface area contributed by atoms with Crippen molar-refractivity contribution in [3.63, 3.8) is 0 Å². The molecule has 3 heteroatoms. The molecule has 0 radical (unpaired) electrons. The van der Waals surface area contributed by atoms with Gasteiger partial charge < -0.3 is 5.11 Å². The van der Waals surface area contributed by atoms with E-state index in [0.29, 0.717) is 5.92 Å². The molecule has 18 heavy (non-hydrogen) atoms. The molecule has 1 aliphatic carbocycles. The number of hydrogen-bond acceptors (Lipinski definition) is 2. The molecule has 1 N–H and O–H groups in total. The van der Waals surface area contributed by atoms with Crippen LogP contribution in [0.4, 0.5) is 0 Å². The summed E-state index contributed by atoms with van der Waals surface area (Å²) in [5.41, 5.74) is 1.12. The van der Waals surface area contributed by atoms with E-state index in [4.69, 9.17) is 0 Å². The summed E-state index contributed by atoms with van der Waals surface area (Å²) in [6.07, 6.45) is 10.4. The quantitative estimate of drug-likeness (QED) is 0.913. The Labute approximate surface area is 118 Å². The lowest BCUT2D eigenvalue weighted by Crippen LogP contribution is -2.27. The summed E-state index contributed by atoms with van der Waals surface area (Å²) in [6, 6.07) is 2.05. The van der Waals surface area contributed by atoms with Gasteiger partial charge in [0, 0.05) is 23.3 Å². The minimum Gasteiger partial charge on any atom is -0.392 e. The van der Waals surface area contributed by atoms with E-state index in [0.717, 1.165) is 22.4 Å². The number of nitrogens with zero attached hydrogens (tertiary/aromatic N) is 1. The van der Waals surface area contributed by atoms with E-state index in [9.17, 15) is 5.11 Å². The van der Waals surface area contributed by atoms with Gasteiger partial charge in [-0.15, -0.1) is 0 Å². The van der Waals surface area contributed by atoms with E-state index in [1.165, 1.54) is 32.1 Å². The molecule has 1 atom stereocenters. The van der Waals surface area contributed by atoms with Crippen LogP contribution in [0, 0.1) is 11.8 Å². The van der Waals surface area contributed by atoms with Gasteiger partial charge in [-0.3, -0.25) is 4.98 Å². The van der Waals surface area contributed by atoms with Crippen molar-refractivity contribution in [3.8, 4) is 0 Å². The Morgan fingerprint density at radius 2 is 2.06 bits per heavy atom. The fraction of sp³-hybridized carbons (Fsp3) is 0.667. The summed E-state index contributed by atoms with van der Waals surface area (Å²) >= 11 is 3.42. The number of rotatable bonds is 4. The van der Waals surface area contributed by atoms with Crippen LogP contribution in [0.25, 0.3) is 0 Å².